The van der Waals surface area contributed by atoms with Gasteiger partial charge in [0.1, 0.15) is 5.76 Å². The lowest BCUT2D eigenvalue weighted by atomic mass is 10.2. The Hall–Kier alpha value is -2.60. The van der Waals surface area contributed by atoms with E-state index in [-0.39, 0.29) is 17.9 Å². The molecule has 148 valence electrons. The molecule has 0 bridgehead atoms. The predicted molar refractivity (Wildman–Crippen MR) is 107 cm³/mol. The minimum Gasteiger partial charge on any atom is -0.456 e. The predicted octanol–water partition coefficient (Wildman–Crippen LogP) is 2.97. The van der Waals surface area contributed by atoms with Gasteiger partial charge in [-0.05, 0) is 44.1 Å². The highest BCUT2D eigenvalue weighted by molar-refractivity contribution is 5.98. The van der Waals surface area contributed by atoms with E-state index in [0.717, 1.165) is 43.1 Å². The maximum atomic E-state index is 12.7. The minimum absolute atomic E-state index is 0.0277. The fourth-order valence-electron chi connectivity index (χ4n) is 4.11. The minimum atomic E-state index is -0.241. The van der Waals surface area contributed by atoms with E-state index in [1.807, 2.05) is 43.3 Å². The number of aryl methyl sites for hydroxylation is 1. The van der Waals surface area contributed by atoms with Gasteiger partial charge in [-0.2, -0.15) is 0 Å². The van der Waals surface area contributed by atoms with Crippen LogP contribution in [0.2, 0.25) is 0 Å². The average molecular weight is 381 g/mol. The zero-order valence-corrected chi connectivity index (χ0v) is 16.3. The number of carbonyl (C=O) groups is 2. The fraction of sp³-hybridized carbons (Fsp3) is 0.455. The number of furan rings is 1. The summed E-state index contributed by atoms with van der Waals surface area (Å²) in [5.41, 5.74) is 1.96. The lowest BCUT2D eigenvalue weighted by molar-refractivity contribution is -0.117. The third-order valence-electron chi connectivity index (χ3n) is 5.56. The Morgan fingerprint density at radius 2 is 1.96 bits per heavy atom. The number of likely N-dealkylation sites (tertiary alicyclic amines) is 1. The highest BCUT2D eigenvalue weighted by Gasteiger charge is 2.32. The number of rotatable bonds is 6. The average Bonchev–Trinajstić information content (AvgIpc) is 3.43. The first-order chi connectivity index (χ1) is 13.6. The molecule has 28 heavy (non-hydrogen) atoms. The Morgan fingerprint density at radius 1 is 1.21 bits per heavy atom. The quantitative estimate of drug-likeness (QED) is 0.835. The van der Waals surface area contributed by atoms with Crippen molar-refractivity contribution in [2.45, 2.75) is 45.2 Å². The molecule has 0 saturated carbocycles. The van der Waals surface area contributed by atoms with Gasteiger partial charge in [-0.25, -0.2) is 0 Å². The molecule has 1 atom stereocenters. The maximum absolute atomic E-state index is 12.7. The van der Waals surface area contributed by atoms with E-state index in [1.165, 1.54) is 12.8 Å². The molecule has 1 aromatic heterocycles. The number of hydrogen-bond acceptors (Lipinski definition) is 4. The van der Waals surface area contributed by atoms with Crippen LogP contribution < -0.4 is 10.2 Å². The molecule has 0 spiro atoms. The number of benzene rings is 1. The van der Waals surface area contributed by atoms with Gasteiger partial charge in [0.25, 0.3) is 5.91 Å². The van der Waals surface area contributed by atoms with Gasteiger partial charge in [0.2, 0.25) is 5.91 Å². The Labute approximate surface area is 165 Å². The van der Waals surface area contributed by atoms with Crippen molar-refractivity contribution in [1.29, 1.82) is 0 Å². The molecule has 0 unspecified atom stereocenters. The van der Waals surface area contributed by atoms with E-state index in [9.17, 15) is 9.59 Å². The van der Waals surface area contributed by atoms with E-state index in [0.29, 0.717) is 18.7 Å². The van der Waals surface area contributed by atoms with Crippen molar-refractivity contribution in [3.8, 4) is 0 Å². The van der Waals surface area contributed by atoms with Crippen LogP contribution in [0.15, 0.2) is 40.8 Å². The molecular formula is C22H27N3O3. The smallest absolute Gasteiger partial charge is 0.287 e. The molecule has 2 aromatic rings. The van der Waals surface area contributed by atoms with E-state index >= 15 is 0 Å². The second kappa shape index (κ2) is 8.19. The number of amides is 2. The first-order valence-electron chi connectivity index (χ1n) is 10.1. The standard InChI is InChI=1S/C22H27N3O3/c1-2-19-16(14-24-10-6-7-11-24)12-20(28-19)22(27)23-17-13-21(26)25(15-17)18-8-4-3-5-9-18/h3-5,8-9,12,17H,2,6-7,10-11,13-15H2,1H3,(H,23,27)/t17-/m1/s1. The van der Waals surface area contributed by atoms with Gasteiger partial charge in [-0.15, -0.1) is 0 Å². The van der Waals surface area contributed by atoms with Crippen LogP contribution in [0.25, 0.3) is 0 Å². The van der Waals surface area contributed by atoms with E-state index in [2.05, 4.69) is 10.2 Å². The molecule has 6 heteroatoms. The third kappa shape index (κ3) is 3.97. The molecule has 1 N–H and O–H groups in total. The number of nitrogens with one attached hydrogen (secondary N) is 1. The molecule has 2 saturated heterocycles. The Kier molecular flexibility index (Phi) is 5.48. The summed E-state index contributed by atoms with van der Waals surface area (Å²) in [7, 11) is 0. The van der Waals surface area contributed by atoms with Crippen LogP contribution in [0, 0.1) is 0 Å². The summed E-state index contributed by atoms with van der Waals surface area (Å²) in [6, 6.07) is 11.2. The number of anilines is 1. The van der Waals surface area contributed by atoms with Crippen LogP contribution in [0.1, 0.15) is 48.1 Å². The zero-order valence-electron chi connectivity index (χ0n) is 16.3. The summed E-state index contributed by atoms with van der Waals surface area (Å²) in [4.78, 5) is 29.2. The summed E-state index contributed by atoms with van der Waals surface area (Å²) < 4.78 is 5.85. The Balaban J connectivity index is 1.41. The first kappa shape index (κ1) is 18.7. The molecule has 0 aliphatic carbocycles. The fourth-order valence-corrected chi connectivity index (χ4v) is 4.11. The molecule has 6 nitrogen and oxygen atoms in total. The zero-order chi connectivity index (χ0) is 19.5. The SMILES string of the molecule is CCc1oc(C(=O)N[C@@H]2CC(=O)N(c3ccccc3)C2)cc1CN1CCCC1. The van der Waals surface area contributed by atoms with Crippen LogP contribution in [0.3, 0.4) is 0 Å². The normalized spacial score (nSPS) is 20.1. The van der Waals surface area contributed by atoms with E-state index in [1.54, 1.807) is 4.90 Å². The molecule has 2 fully saturated rings. The number of hydrogen-bond donors (Lipinski definition) is 1. The molecular weight excluding hydrogens is 354 g/mol. The van der Waals surface area contributed by atoms with Crippen molar-refractivity contribution in [2.24, 2.45) is 0 Å². The van der Waals surface area contributed by atoms with Crippen LogP contribution >= 0.6 is 0 Å². The lowest BCUT2D eigenvalue weighted by Gasteiger charge is -2.16. The maximum Gasteiger partial charge on any atom is 0.287 e. The third-order valence-corrected chi connectivity index (χ3v) is 5.56. The second-order valence-corrected chi connectivity index (χ2v) is 7.61. The van der Waals surface area contributed by atoms with Crippen LogP contribution in [-0.2, 0) is 17.8 Å². The van der Waals surface area contributed by atoms with Crippen LogP contribution in [0.5, 0.6) is 0 Å². The van der Waals surface area contributed by atoms with Gasteiger partial charge in [0.15, 0.2) is 5.76 Å². The monoisotopic (exact) mass is 381 g/mol. The molecule has 4 rings (SSSR count). The second-order valence-electron chi connectivity index (χ2n) is 7.61. The van der Waals surface area contributed by atoms with Crippen molar-refractivity contribution in [1.82, 2.24) is 10.2 Å². The number of carbonyl (C=O) groups excluding carboxylic acids is 2. The van der Waals surface area contributed by atoms with E-state index in [4.69, 9.17) is 4.42 Å². The summed E-state index contributed by atoms with van der Waals surface area (Å²) in [5, 5.41) is 2.97. The molecule has 2 aliphatic rings. The van der Waals surface area contributed by atoms with Crippen molar-refractivity contribution >= 4 is 17.5 Å². The summed E-state index contributed by atoms with van der Waals surface area (Å²) in [5.74, 6) is 1.01. The number of para-hydroxylation sites is 1. The van der Waals surface area contributed by atoms with Gasteiger partial charge in [0, 0.05) is 37.2 Å². The lowest BCUT2D eigenvalue weighted by Crippen LogP contribution is -2.37. The molecule has 2 amide bonds. The van der Waals surface area contributed by atoms with Gasteiger partial charge in [-0.3, -0.25) is 14.5 Å². The topological polar surface area (TPSA) is 65.8 Å². The largest absolute Gasteiger partial charge is 0.456 e. The number of nitrogens with zero attached hydrogens (tertiary/aromatic N) is 2. The molecule has 0 radical (unpaired) electrons. The van der Waals surface area contributed by atoms with Crippen molar-refractivity contribution in [3.05, 3.63) is 53.5 Å². The van der Waals surface area contributed by atoms with Crippen molar-refractivity contribution < 1.29 is 14.0 Å². The van der Waals surface area contributed by atoms with Gasteiger partial charge in [0.05, 0.1) is 6.04 Å². The van der Waals surface area contributed by atoms with Crippen molar-refractivity contribution in [3.63, 3.8) is 0 Å². The molecule has 2 aliphatic heterocycles. The molecule has 3 heterocycles. The summed E-state index contributed by atoms with van der Waals surface area (Å²) in [6.45, 7) is 5.58. The first-order valence-corrected chi connectivity index (χ1v) is 10.1. The van der Waals surface area contributed by atoms with E-state index < -0.39 is 0 Å². The van der Waals surface area contributed by atoms with Gasteiger partial charge >= 0.3 is 0 Å². The van der Waals surface area contributed by atoms with Crippen LogP contribution in [0.4, 0.5) is 5.69 Å². The Bertz CT molecular complexity index is 840. The molecule has 1 aromatic carbocycles. The highest BCUT2D eigenvalue weighted by atomic mass is 16.4. The summed E-state index contributed by atoms with van der Waals surface area (Å²) >= 11 is 0. The van der Waals surface area contributed by atoms with Gasteiger partial charge in [-0.1, -0.05) is 25.1 Å². The highest BCUT2D eigenvalue weighted by Crippen LogP contribution is 2.23. The van der Waals surface area contributed by atoms with Crippen molar-refractivity contribution in [2.75, 3.05) is 24.5 Å². The van der Waals surface area contributed by atoms with Crippen LogP contribution in [-0.4, -0.2) is 42.4 Å². The summed E-state index contributed by atoms with van der Waals surface area (Å²) in [6.07, 6.45) is 3.54. The Morgan fingerprint density at radius 3 is 2.68 bits per heavy atom. The van der Waals surface area contributed by atoms with Gasteiger partial charge < -0.3 is 14.6 Å².